The Morgan fingerprint density at radius 2 is 1.43 bits per heavy atom. The molecule has 0 aliphatic heterocycles. The van der Waals surface area contributed by atoms with Crippen molar-refractivity contribution in [2.24, 2.45) is 11.3 Å². The van der Waals surface area contributed by atoms with Crippen LogP contribution < -0.4 is 0 Å². The van der Waals surface area contributed by atoms with Gasteiger partial charge in [-0.1, -0.05) is 32.6 Å². The molecular weight excluding hydrogens is 264 g/mol. The monoisotopic (exact) mass is 294 g/mol. The Bertz CT molecular complexity index is 334. The third kappa shape index (κ3) is 3.63. The molecule has 0 bridgehead atoms. The molecule has 0 amide bonds. The summed E-state index contributed by atoms with van der Waals surface area (Å²) in [4.78, 5) is 0. The Morgan fingerprint density at radius 3 is 1.90 bits per heavy atom. The smallest absolute Gasteiger partial charge is 0.104 e. The Labute approximate surface area is 129 Å². The maximum atomic E-state index is 5.78. The van der Waals surface area contributed by atoms with Crippen molar-refractivity contribution in [3.8, 4) is 0 Å². The van der Waals surface area contributed by atoms with Gasteiger partial charge in [0.2, 0.25) is 0 Å². The van der Waals surface area contributed by atoms with E-state index in [2.05, 4.69) is 40.5 Å². The van der Waals surface area contributed by atoms with Gasteiger partial charge >= 0.3 is 0 Å². The summed E-state index contributed by atoms with van der Waals surface area (Å²) in [5, 5.41) is 0. The molecule has 1 aliphatic carbocycles. The highest BCUT2D eigenvalue weighted by Gasteiger charge is 2.53. The van der Waals surface area contributed by atoms with Gasteiger partial charge in [0.15, 0.2) is 0 Å². The number of ether oxygens (including phenoxy) is 3. The molecule has 4 unspecified atom stereocenters. The van der Waals surface area contributed by atoms with Crippen LogP contribution in [0.2, 0.25) is 0 Å². The van der Waals surface area contributed by atoms with E-state index in [1.807, 2.05) is 0 Å². The molecule has 0 heterocycles. The molecule has 0 aromatic rings. The van der Waals surface area contributed by atoms with Gasteiger partial charge in [-0.25, -0.2) is 0 Å². The zero-order valence-electron chi connectivity index (χ0n) is 13.7. The predicted octanol–water partition coefficient (Wildman–Crippen LogP) is 4.81. The van der Waals surface area contributed by atoms with Crippen LogP contribution in [0.15, 0.2) is 38.5 Å². The normalized spacial score (nSPS) is 29.6. The van der Waals surface area contributed by atoms with Crippen molar-refractivity contribution < 1.29 is 14.2 Å². The number of rotatable bonds is 9. The molecule has 0 N–H and O–H groups in total. The van der Waals surface area contributed by atoms with Crippen molar-refractivity contribution in [1.29, 1.82) is 0 Å². The first kappa shape index (κ1) is 17.7. The Kier molecular flexibility index (Phi) is 6.86. The molecule has 4 atom stereocenters. The van der Waals surface area contributed by atoms with E-state index in [4.69, 9.17) is 14.2 Å². The molecule has 0 aromatic carbocycles. The minimum absolute atomic E-state index is 0.00566. The van der Waals surface area contributed by atoms with Gasteiger partial charge in [0, 0.05) is 11.3 Å². The summed E-state index contributed by atoms with van der Waals surface area (Å²) >= 11 is 0. The highest BCUT2D eigenvalue weighted by molar-refractivity contribution is 5.01. The van der Waals surface area contributed by atoms with Crippen LogP contribution in [0.5, 0.6) is 0 Å². The SMILES string of the molecule is C=COC(C)C1CCCCC1(C(C)OC=C)C(C)OC=C. The molecule has 1 rings (SSSR count). The van der Waals surface area contributed by atoms with Crippen LogP contribution in [-0.4, -0.2) is 18.3 Å². The van der Waals surface area contributed by atoms with Crippen LogP contribution in [0.25, 0.3) is 0 Å². The first-order valence-electron chi connectivity index (χ1n) is 7.83. The largest absolute Gasteiger partial charge is 0.499 e. The van der Waals surface area contributed by atoms with E-state index in [1.54, 1.807) is 0 Å². The highest BCUT2D eigenvalue weighted by Crippen LogP contribution is 2.50. The molecular formula is C18H30O3. The van der Waals surface area contributed by atoms with Gasteiger partial charge in [-0.3, -0.25) is 0 Å². The average molecular weight is 294 g/mol. The third-order valence-electron chi connectivity index (χ3n) is 5.06. The molecule has 0 aromatic heterocycles. The van der Waals surface area contributed by atoms with Gasteiger partial charge in [-0.05, 0) is 33.6 Å². The zero-order valence-corrected chi connectivity index (χ0v) is 13.7. The predicted molar refractivity (Wildman–Crippen MR) is 86.6 cm³/mol. The van der Waals surface area contributed by atoms with Crippen molar-refractivity contribution in [1.82, 2.24) is 0 Å². The standard InChI is InChI=1S/C18H30O3/c1-7-19-14(4)17-12-10-11-13-18(17,15(5)20-8-2)16(6)21-9-3/h7-9,14-17H,1-3,10-13H2,4-6H3. The van der Waals surface area contributed by atoms with Gasteiger partial charge in [-0.2, -0.15) is 0 Å². The van der Waals surface area contributed by atoms with Gasteiger partial charge < -0.3 is 14.2 Å². The van der Waals surface area contributed by atoms with Crippen molar-refractivity contribution >= 4 is 0 Å². The van der Waals surface area contributed by atoms with E-state index < -0.39 is 0 Å². The maximum Gasteiger partial charge on any atom is 0.104 e. The van der Waals surface area contributed by atoms with Crippen LogP contribution in [0.1, 0.15) is 46.5 Å². The molecule has 0 spiro atoms. The van der Waals surface area contributed by atoms with Crippen LogP contribution in [0.3, 0.4) is 0 Å². The van der Waals surface area contributed by atoms with E-state index in [0.29, 0.717) is 5.92 Å². The van der Waals surface area contributed by atoms with Gasteiger partial charge in [0.1, 0.15) is 12.2 Å². The summed E-state index contributed by atoms with van der Waals surface area (Å²) in [5.74, 6) is 0.342. The molecule has 3 heteroatoms. The second-order valence-electron chi connectivity index (χ2n) is 5.86. The van der Waals surface area contributed by atoms with Crippen molar-refractivity contribution in [2.45, 2.75) is 64.8 Å². The van der Waals surface area contributed by atoms with Crippen LogP contribution in [0, 0.1) is 11.3 Å². The van der Waals surface area contributed by atoms with Gasteiger partial charge in [0.25, 0.3) is 0 Å². The van der Waals surface area contributed by atoms with E-state index in [1.165, 1.54) is 31.6 Å². The van der Waals surface area contributed by atoms with Crippen LogP contribution in [-0.2, 0) is 14.2 Å². The number of hydrogen-bond acceptors (Lipinski definition) is 3. The average Bonchev–Trinajstić information content (AvgIpc) is 2.47. The second-order valence-corrected chi connectivity index (χ2v) is 5.86. The molecule has 21 heavy (non-hydrogen) atoms. The summed E-state index contributed by atoms with van der Waals surface area (Å²) in [6.07, 6.45) is 9.20. The third-order valence-corrected chi connectivity index (χ3v) is 5.06. The van der Waals surface area contributed by atoms with Crippen LogP contribution in [0.4, 0.5) is 0 Å². The fraction of sp³-hybridized carbons (Fsp3) is 0.667. The maximum absolute atomic E-state index is 5.78. The van der Waals surface area contributed by atoms with Crippen LogP contribution >= 0.6 is 0 Å². The molecule has 0 saturated heterocycles. The molecule has 1 aliphatic rings. The lowest BCUT2D eigenvalue weighted by Crippen LogP contribution is -2.54. The summed E-state index contributed by atoms with van der Waals surface area (Å²) in [6.45, 7) is 17.4. The quantitative estimate of drug-likeness (QED) is 0.571. The first-order chi connectivity index (χ1) is 10.0. The first-order valence-corrected chi connectivity index (χ1v) is 7.83. The molecule has 3 nitrogen and oxygen atoms in total. The topological polar surface area (TPSA) is 27.7 Å². The van der Waals surface area contributed by atoms with E-state index in [-0.39, 0.29) is 23.7 Å². The minimum Gasteiger partial charge on any atom is -0.499 e. The lowest BCUT2D eigenvalue weighted by Gasteiger charge is -2.51. The summed E-state index contributed by atoms with van der Waals surface area (Å²) < 4.78 is 17.3. The summed E-state index contributed by atoms with van der Waals surface area (Å²) in [6, 6.07) is 0. The van der Waals surface area contributed by atoms with Crippen molar-refractivity contribution in [3.63, 3.8) is 0 Å². The lowest BCUT2D eigenvalue weighted by atomic mass is 9.59. The van der Waals surface area contributed by atoms with Crippen molar-refractivity contribution in [3.05, 3.63) is 38.5 Å². The van der Waals surface area contributed by atoms with E-state index in [0.717, 1.165) is 12.8 Å². The zero-order chi connectivity index (χ0) is 15.9. The summed E-state index contributed by atoms with van der Waals surface area (Å²) in [5.41, 5.74) is -0.122. The van der Waals surface area contributed by atoms with Gasteiger partial charge in [-0.15, -0.1) is 0 Å². The fourth-order valence-corrected chi connectivity index (χ4v) is 4.05. The lowest BCUT2D eigenvalue weighted by molar-refractivity contribution is -0.147. The molecule has 0 radical (unpaired) electrons. The van der Waals surface area contributed by atoms with Crippen molar-refractivity contribution in [2.75, 3.05) is 0 Å². The second kappa shape index (κ2) is 8.16. The summed E-state index contributed by atoms with van der Waals surface area (Å²) in [7, 11) is 0. The molecule has 1 fully saturated rings. The minimum atomic E-state index is -0.122. The Balaban J connectivity index is 3.16. The Hall–Kier alpha value is -1.38. The van der Waals surface area contributed by atoms with Gasteiger partial charge in [0.05, 0.1) is 24.9 Å². The van der Waals surface area contributed by atoms with E-state index in [9.17, 15) is 0 Å². The van der Waals surface area contributed by atoms with E-state index >= 15 is 0 Å². The molecule has 120 valence electrons. The highest BCUT2D eigenvalue weighted by atomic mass is 16.5. The fourth-order valence-electron chi connectivity index (χ4n) is 4.05. The number of hydrogen-bond donors (Lipinski definition) is 0. The Morgan fingerprint density at radius 1 is 0.905 bits per heavy atom. The molecule has 1 saturated carbocycles.